The molecule has 0 fully saturated rings. The first-order chi connectivity index (χ1) is 14.4. The summed E-state index contributed by atoms with van der Waals surface area (Å²) >= 11 is 0. The number of esters is 1. The summed E-state index contributed by atoms with van der Waals surface area (Å²) in [6.45, 7) is -0.681. The van der Waals surface area contributed by atoms with Gasteiger partial charge in [0.05, 0.1) is 10.5 Å². The van der Waals surface area contributed by atoms with Gasteiger partial charge in [-0.3, -0.25) is 24.5 Å². The summed E-state index contributed by atoms with van der Waals surface area (Å²) in [6, 6.07) is 9.56. The van der Waals surface area contributed by atoms with Gasteiger partial charge in [-0.1, -0.05) is 12.1 Å². The van der Waals surface area contributed by atoms with Gasteiger partial charge in [-0.2, -0.15) is 0 Å². The van der Waals surface area contributed by atoms with Crippen molar-refractivity contribution in [3.05, 3.63) is 69.5 Å². The van der Waals surface area contributed by atoms with E-state index < -0.39 is 41.7 Å². The molecule has 10 heteroatoms. The van der Waals surface area contributed by atoms with E-state index in [0.717, 1.165) is 6.07 Å². The minimum atomic E-state index is -0.853. The second kappa shape index (κ2) is 9.12. The number of fused-ring (bicyclic) bond motifs is 1. The number of nitrogens with one attached hydrogen (secondary N) is 1. The SMILES string of the molecule is O=C(CNC(=O)c1ccccc1F)OCC(=O)N1CCCc2cc([N+](=O)[O-])ccc21. The van der Waals surface area contributed by atoms with E-state index in [-0.39, 0.29) is 11.3 Å². The molecule has 0 bridgehead atoms. The van der Waals surface area contributed by atoms with Crippen LogP contribution >= 0.6 is 0 Å². The lowest BCUT2D eigenvalue weighted by Gasteiger charge is -2.29. The molecule has 0 unspecified atom stereocenters. The Hall–Kier alpha value is -3.82. The van der Waals surface area contributed by atoms with Crippen molar-refractivity contribution in [2.24, 2.45) is 0 Å². The van der Waals surface area contributed by atoms with Gasteiger partial charge in [-0.15, -0.1) is 0 Å². The Morgan fingerprint density at radius 3 is 2.70 bits per heavy atom. The summed E-state index contributed by atoms with van der Waals surface area (Å²) < 4.78 is 18.5. The molecule has 156 valence electrons. The van der Waals surface area contributed by atoms with Crippen molar-refractivity contribution < 1.29 is 28.4 Å². The largest absolute Gasteiger partial charge is 0.454 e. The summed E-state index contributed by atoms with van der Waals surface area (Å²) in [7, 11) is 0. The van der Waals surface area contributed by atoms with Crippen molar-refractivity contribution in [3.63, 3.8) is 0 Å². The fourth-order valence-electron chi connectivity index (χ4n) is 3.12. The van der Waals surface area contributed by atoms with Crippen LogP contribution in [0, 0.1) is 15.9 Å². The Kier molecular flexibility index (Phi) is 6.35. The minimum Gasteiger partial charge on any atom is -0.454 e. The number of non-ortho nitro benzene ring substituents is 1. The Bertz CT molecular complexity index is 1010. The number of carbonyl (C=O) groups excluding carboxylic acids is 3. The molecule has 30 heavy (non-hydrogen) atoms. The number of ether oxygens (including phenoxy) is 1. The molecule has 1 heterocycles. The van der Waals surface area contributed by atoms with Gasteiger partial charge in [-0.05, 0) is 36.6 Å². The zero-order chi connectivity index (χ0) is 21.7. The number of halogens is 1. The van der Waals surface area contributed by atoms with Crippen molar-refractivity contribution in [2.45, 2.75) is 12.8 Å². The van der Waals surface area contributed by atoms with E-state index in [0.29, 0.717) is 30.6 Å². The number of hydrogen-bond donors (Lipinski definition) is 1. The maximum absolute atomic E-state index is 13.6. The monoisotopic (exact) mass is 415 g/mol. The van der Waals surface area contributed by atoms with Crippen LogP contribution in [0.4, 0.5) is 15.8 Å². The molecule has 0 spiro atoms. The molecule has 2 amide bonds. The Morgan fingerprint density at radius 2 is 1.97 bits per heavy atom. The number of nitro groups is 1. The molecular formula is C20H18FN3O6. The second-order valence-electron chi connectivity index (χ2n) is 6.54. The summed E-state index contributed by atoms with van der Waals surface area (Å²) in [5, 5.41) is 13.1. The highest BCUT2D eigenvalue weighted by atomic mass is 19.1. The summed E-state index contributed by atoms with van der Waals surface area (Å²) in [5.74, 6) is -2.84. The highest BCUT2D eigenvalue weighted by Gasteiger charge is 2.25. The van der Waals surface area contributed by atoms with Crippen LogP contribution < -0.4 is 10.2 Å². The normalized spacial score (nSPS) is 12.6. The molecule has 1 aliphatic heterocycles. The van der Waals surface area contributed by atoms with Crippen LogP contribution in [-0.4, -0.2) is 42.4 Å². The zero-order valence-corrected chi connectivity index (χ0v) is 15.8. The zero-order valence-electron chi connectivity index (χ0n) is 15.8. The Balaban J connectivity index is 1.54. The predicted octanol–water partition coefficient (Wildman–Crippen LogP) is 1.99. The van der Waals surface area contributed by atoms with Crippen LogP contribution in [0.2, 0.25) is 0 Å². The smallest absolute Gasteiger partial charge is 0.325 e. The van der Waals surface area contributed by atoms with E-state index >= 15 is 0 Å². The predicted molar refractivity (Wildman–Crippen MR) is 103 cm³/mol. The van der Waals surface area contributed by atoms with Crippen LogP contribution in [0.15, 0.2) is 42.5 Å². The van der Waals surface area contributed by atoms with Crippen LogP contribution in [0.3, 0.4) is 0 Å². The lowest BCUT2D eigenvalue weighted by molar-refractivity contribution is -0.384. The summed E-state index contributed by atoms with van der Waals surface area (Å²) in [5.41, 5.74) is 0.952. The number of rotatable bonds is 6. The standard InChI is InChI=1S/C20H18FN3O6/c21-16-6-2-1-5-15(16)20(27)22-11-19(26)30-12-18(25)23-9-3-4-13-10-14(24(28)29)7-8-17(13)23/h1-2,5-8,10H,3-4,9,11-12H2,(H,22,27). The van der Waals surface area contributed by atoms with Crippen molar-refractivity contribution in [1.82, 2.24) is 5.32 Å². The van der Waals surface area contributed by atoms with E-state index in [1.54, 1.807) is 0 Å². The maximum atomic E-state index is 13.6. The van der Waals surface area contributed by atoms with Gasteiger partial charge in [0.2, 0.25) is 0 Å². The van der Waals surface area contributed by atoms with Crippen molar-refractivity contribution in [2.75, 3.05) is 24.6 Å². The first-order valence-corrected chi connectivity index (χ1v) is 9.13. The van der Waals surface area contributed by atoms with Gasteiger partial charge in [0.15, 0.2) is 6.61 Å². The number of hydrogen-bond acceptors (Lipinski definition) is 6. The Labute approximate surface area is 170 Å². The number of anilines is 1. The van der Waals surface area contributed by atoms with Crippen molar-refractivity contribution in [3.8, 4) is 0 Å². The molecule has 0 saturated carbocycles. The molecule has 3 rings (SSSR count). The molecule has 0 saturated heterocycles. The highest BCUT2D eigenvalue weighted by Crippen LogP contribution is 2.30. The third kappa shape index (κ3) is 4.77. The molecule has 0 radical (unpaired) electrons. The van der Waals surface area contributed by atoms with Crippen LogP contribution in [0.25, 0.3) is 0 Å². The molecule has 0 aliphatic carbocycles. The van der Waals surface area contributed by atoms with Crippen molar-refractivity contribution >= 4 is 29.2 Å². The first kappa shape index (κ1) is 20.9. The minimum absolute atomic E-state index is 0.0555. The van der Waals surface area contributed by atoms with Crippen molar-refractivity contribution in [1.29, 1.82) is 0 Å². The average molecular weight is 415 g/mol. The van der Waals surface area contributed by atoms with Crippen LogP contribution in [0.1, 0.15) is 22.3 Å². The van der Waals surface area contributed by atoms with E-state index in [9.17, 15) is 28.9 Å². The van der Waals surface area contributed by atoms with Gasteiger partial charge in [0.25, 0.3) is 17.5 Å². The van der Waals surface area contributed by atoms with Gasteiger partial charge in [0, 0.05) is 24.4 Å². The quantitative estimate of drug-likeness (QED) is 0.438. The highest BCUT2D eigenvalue weighted by molar-refractivity contribution is 5.98. The molecule has 1 aliphatic rings. The second-order valence-corrected chi connectivity index (χ2v) is 6.54. The number of amides is 2. The van der Waals surface area contributed by atoms with E-state index in [1.807, 2.05) is 0 Å². The molecule has 0 atom stereocenters. The number of benzene rings is 2. The van der Waals surface area contributed by atoms with Gasteiger partial charge < -0.3 is 15.0 Å². The lowest BCUT2D eigenvalue weighted by atomic mass is 10.0. The van der Waals surface area contributed by atoms with Gasteiger partial charge >= 0.3 is 5.97 Å². The third-order valence-corrected chi connectivity index (χ3v) is 4.56. The molecule has 0 aromatic heterocycles. The number of aryl methyl sites for hydroxylation is 1. The Morgan fingerprint density at radius 1 is 1.20 bits per heavy atom. The third-order valence-electron chi connectivity index (χ3n) is 4.56. The molecule has 2 aromatic rings. The number of carbonyl (C=O) groups is 3. The fraction of sp³-hybridized carbons (Fsp3) is 0.250. The number of nitro benzene ring substituents is 1. The van der Waals surface area contributed by atoms with Crippen LogP contribution in [-0.2, 0) is 20.7 Å². The maximum Gasteiger partial charge on any atom is 0.325 e. The number of nitrogens with zero attached hydrogens (tertiary/aromatic N) is 2. The van der Waals surface area contributed by atoms with Gasteiger partial charge in [-0.25, -0.2) is 4.39 Å². The molecular weight excluding hydrogens is 397 g/mol. The molecule has 9 nitrogen and oxygen atoms in total. The molecule has 2 aromatic carbocycles. The molecule has 1 N–H and O–H groups in total. The fourth-order valence-corrected chi connectivity index (χ4v) is 3.12. The summed E-state index contributed by atoms with van der Waals surface area (Å²) in [4.78, 5) is 48.0. The van der Waals surface area contributed by atoms with Gasteiger partial charge in [0.1, 0.15) is 12.4 Å². The first-order valence-electron chi connectivity index (χ1n) is 9.13. The van der Waals surface area contributed by atoms with E-state index in [4.69, 9.17) is 4.74 Å². The lowest BCUT2D eigenvalue weighted by Crippen LogP contribution is -2.39. The topological polar surface area (TPSA) is 119 Å². The van der Waals surface area contributed by atoms with E-state index in [1.165, 1.54) is 41.3 Å². The average Bonchev–Trinajstić information content (AvgIpc) is 2.75. The van der Waals surface area contributed by atoms with E-state index in [2.05, 4.69) is 5.32 Å². The van der Waals surface area contributed by atoms with Crippen LogP contribution in [0.5, 0.6) is 0 Å². The summed E-state index contributed by atoms with van der Waals surface area (Å²) in [6.07, 6.45) is 1.22.